The average Bonchev–Trinajstić information content (AvgIpc) is 3.75. The van der Waals surface area contributed by atoms with Gasteiger partial charge < -0.3 is 4.42 Å². The normalized spacial score (nSPS) is 13.3. The second kappa shape index (κ2) is 11.5. The molecule has 1 heterocycles. The number of benzene rings is 10. The van der Waals surface area contributed by atoms with E-state index in [1.54, 1.807) is 0 Å². The van der Waals surface area contributed by atoms with Gasteiger partial charge in [-0.3, -0.25) is 0 Å². The molecule has 1 heteroatoms. The van der Waals surface area contributed by atoms with Gasteiger partial charge in [0, 0.05) is 21.6 Å². The largest absolute Gasteiger partial charge is 0.455 e. The van der Waals surface area contributed by atoms with Crippen LogP contribution >= 0.6 is 0 Å². The molecular formula is C55H36O. The van der Waals surface area contributed by atoms with E-state index in [2.05, 4.69) is 196 Å². The highest BCUT2D eigenvalue weighted by Gasteiger charge is 2.39. The average molecular weight is 713 g/mol. The topological polar surface area (TPSA) is 13.1 Å². The number of hydrogen-bond donors (Lipinski definition) is 0. The molecule has 0 radical (unpaired) electrons. The molecule has 11 aromatic rings. The van der Waals surface area contributed by atoms with Gasteiger partial charge in [-0.25, -0.2) is 0 Å². The van der Waals surface area contributed by atoms with Gasteiger partial charge in [0.05, 0.1) is 0 Å². The number of rotatable bonds is 3. The standard InChI is InChI=1S/C55H36O/c1-55(2)48-26-14-12-25-45(48)52-43-30-31-44-37-20-13-15-27-49(37)56-54(44)47(43)32-46(53(52)55)36-28-29-42(35-19-7-6-18-34(35)36)51-40-23-10-8-21-38(40)50(33-16-4-3-5-17-33)39-22-9-11-24-41(39)51/h3-32H,1-2H3. The minimum atomic E-state index is -0.211. The fourth-order valence-electron chi connectivity index (χ4n) is 10.3. The number of fused-ring (bicyclic) bond motifs is 12. The van der Waals surface area contributed by atoms with E-state index in [9.17, 15) is 0 Å². The van der Waals surface area contributed by atoms with Crippen LogP contribution in [0.2, 0.25) is 0 Å². The van der Waals surface area contributed by atoms with E-state index in [-0.39, 0.29) is 5.41 Å². The summed E-state index contributed by atoms with van der Waals surface area (Å²) in [6.45, 7) is 4.80. The second-order valence-corrected chi connectivity index (χ2v) is 15.9. The van der Waals surface area contributed by atoms with E-state index in [4.69, 9.17) is 4.42 Å². The molecule has 0 spiro atoms. The Morgan fingerprint density at radius 3 is 1.57 bits per heavy atom. The molecule has 0 saturated carbocycles. The predicted molar refractivity (Wildman–Crippen MR) is 238 cm³/mol. The van der Waals surface area contributed by atoms with Crippen molar-refractivity contribution in [1.82, 2.24) is 0 Å². The van der Waals surface area contributed by atoms with Crippen LogP contribution in [0.4, 0.5) is 0 Å². The molecule has 0 atom stereocenters. The second-order valence-electron chi connectivity index (χ2n) is 15.9. The van der Waals surface area contributed by atoms with Gasteiger partial charge in [0.1, 0.15) is 11.2 Å². The minimum Gasteiger partial charge on any atom is -0.455 e. The zero-order valence-electron chi connectivity index (χ0n) is 31.2. The Morgan fingerprint density at radius 1 is 0.339 bits per heavy atom. The zero-order valence-corrected chi connectivity index (χ0v) is 31.2. The van der Waals surface area contributed by atoms with E-state index >= 15 is 0 Å². The van der Waals surface area contributed by atoms with Crippen molar-refractivity contribution < 1.29 is 4.42 Å². The molecule has 1 aliphatic rings. The lowest BCUT2D eigenvalue weighted by Gasteiger charge is -2.26. The molecule has 10 aromatic carbocycles. The Kier molecular flexibility index (Phi) is 6.46. The van der Waals surface area contributed by atoms with Crippen LogP contribution in [0.15, 0.2) is 186 Å². The van der Waals surface area contributed by atoms with Crippen LogP contribution in [0.3, 0.4) is 0 Å². The maximum Gasteiger partial charge on any atom is 0.143 e. The van der Waals surface area contributed by atoms with E-state index in [1.165, 1.54) is 93.3 Å². The molecule has 0 saturated heterocycles. The van der Waals surface area contributed by atoms with Crippen LogP contribution in [0.5, 0.6) is 0 Å². The van der Waals surface area contributed by atoms with Gasteiger partial charge in [-0.15, -0.1) is 0 Å². The molecule has 56 heavy (non-hydrogen) atoms. The summed E-state index contributed by atoms with van der Waals surface area (Å²) >= 11 is 0. The van der Waals surface area contributed by atoms with Crippen molar-refractivity contribution in [2.24, 2.45) is 0 Å². The first kappa shape index (κ1) is 31.4. The quantitative estimate of drug-likeness (QED) is 0.166. The Balaban J connectivity index is 1.20. The van der Waals surface area contributed by atoms with Crippen molar-refractivity contribution in [2.75, 3.05) is 0 Å². The molecule has 1 aromatic heterocycles. The summed E-state index contributed by atoms with van der Waals surface area (Å²) in [4.78, 5) is 0. The molecule has 1 nitrogen and oxygen atoms in total. The number of furan rings is 1. The maximum absolute atomic E-state index is 6.74. The first-order valence-corrected chi connectivity index (χ1v) is 19.6. The van der Waals surface area contributed by atoms with Crippen LogP contribution < -0.4 is 0 Å². The molecule has 0 unspecified atom stereocenters. The molecule has 0 fully saturated rings. The first-order valence-electron chi connectivity index (χ1n) is 19.6. The summed E-state index contributed by atoms with van der Waals surface area (Å²) in [6.07, 6.45) is 0. The van der Waals surface area contributed by atoms with Crippen molar-refractivity contribution >= 4 is 65.0 Å². The molecule has 0 bridgehead atoms. The van der Waals surface area contributed by atoms with Gasteiger partial charge in [-0.2, -0.15) is 0 Å². The third-order valence-electron chi connectivity index (χ3n) is 12.6. The third kappa shape index (κ3) is 4.20. The molecule has 262 valence electrons. The van der Waals surface area contributed by atoms with E-state index in [1.807, 2.05) is 0 Å². The van der Waals surface area contributed by atoms with Crippen molar-refractivity contribution in [3.8, 4) is 44.5 Å². The molecule has 0 amide bonds. The number of hydrogen-bond acceptors (Lipinski definition) is 1. The van der Waals surface area contributed by atoms with Crippen molar-refractivity contribution in [1.29, 1.82) is 0 Å². The monoisotopic (exact) mass is 712 g/mol. The molecule has 12 rings (SSSR count). The van der Waals surface area contributed by atoms with Crippen LogP contribution in [-0.2, 0) is 5.41 Å². The fraction of sp³-hybridized carbons (Fsp3) is 0.0545. The Labute approximate surface area is 325 Å². The fourth-order valence-corrected chi connectivity index (χ4v) is 10.3. The zero-order chi connectivity index (χ0) is 37.1. The van der Waals surface area contributed by atoms with Gasteiger partial charge in [0.25, 0.3) is 0 Å². The SMILES string of the molecule is CC1(C)c2ccccc2-c2c1c(-c1ccc(-c3c4ccccc4c(-c4ccccc4)c4ccccc34)c3ccccc13)cc1c2ccc2c3ccccc3oc12. The summed E-state index contributed by atoms with van der Waals surface area (Å²) in [5, 5.41) is 12.3. The Bertz CT molecular complexity index is 3380. The number of para-hydroxylation sites is 1. The van der Waals surface area contributed by atoms with E-state index in [0.29, 0.717) is 0 Å². The highest BCUT2D eigenvalue weighted by atomic mass is 16.3. The predicted octanol–water partition coefficient (Wildman–Crippen LogP) is 15.5. The highest BCUT2D eigenvalue weighted by Crippen LogP contribution is 2.57. The van der Waals surface area contributed by atoms with Gasteiger partial charge in [-0.1, -0.05) is 178 Å². The van der Waals surface area contributed by atoms with Gasteiger partial charge in [0.15, 0.2) is 0 Å². The van der Waals surface area contributed by atoms with Gasteiger partial charge in [0.2, 0.25) is 0 Å². The van der Waals surface area contributed by atoms with Crippen molar-refractivity contribution in [3.05, 3.63) is 193 Å². The molecule has 0 N–H and O–H groups in total. The summed E-state index contributed by atoms with van der Waals surface area (Å²) in [5.41, 5.74) is 14.6. The summed E-state index contributed by atoms with van der Waals surface area (Å²) in [5.74, 6) is 0. The minimum absolute atomic E-state index is 0.211. The smallest absolute Gasteiger partial charge is 0.143 e. The summed E-state index contributed by atoms with van der Waals surface area (Å²) in [7, 11) is 0. The molecule has 1 aliphatic carbocycles. The summed E-state index contributed by atoms with van der Waals surface area (Å²) in [6, 6.07) is 67.0. The maximum atomic E-state index is 6.74. The van der Waals surface area contributed by atoms with E-state index < -0.39 is 0 Å². The van der Waals surface area contributed by atoms with Crippen LogP contribution in [0.1, 0.15) is 25.0 Å². The lowest BCUT2D eigenvalue weighted by molar-refractivity contribution is 0.662. The Hall–Kier alpha value is -6.96. The highest BCUT2D eigenvalue weighted by molar-refractivity contribution is 6.25. The Morgan fingerprint density at radius 2 is 0.857 bits per heavy atom. The van der Waals surface area contributed by atoms with Crippen LogP contribution in [0.25, 0.3) is 110 Å². The lowest BCUT2D eigenvalue weighted by Crippen LogP contribution is -2.16. The van der Waals surface area contributed by atoms with Crippen LogP contribution in [0, 0.1) is 0 Å². The van der Waals surface area contributed by atoms with Crippen LogP contribution in [-0.4, -0.2) is 0 Å². The summed E-state index contributed by atoms with van der Waals surface area (Å²) < 4.78 is 6.74. The first-order chi connectivity index (χ1) is 27.6. The third-order valence-corrected chi connectivity index (χ3v) is 12.6. The lowest BCUT2D eigenvalue weighted by atomic mass is 9.76. The molecular weight excluding hydrogens is 677 g/mol. The van der Waals surface area contributed by atoms with E-state index in [0.717, 1.165) is 27.3 Å². The van der Waals surface area contributed by atoms with Gasteiger partial charge >= 0.3 is 0 Å². The van der Waals surface area contributed by atoms with Crippen molar-refractivity contribution in [3.63, 3.8) is 0 Å². The van der Waals surface area contributed by atoms with Gasteiger partial charge in [-0.05, 0) is 112 Å². The molecule has 0 aliphatic heterocycles. The van der Waals surface area contributed by atoms with Crippen molar-refractivity contribution in [2.45, 2.75) is 19.3 Å².